The molecule has 1 aromatic carbocycles. The highest BCUT2D eigenvalue weighted by molar-refractivity contribution is 6.00. The van der Waals surface area contributed by atoms with Gasteiger partial charge in [0.05, 0.1) is 12.1 Å². The van der Waals surface area contributed by atoms with E-state index in [-0.39, 0.29) is 18.4 Å². The second-order valence-corrected chi connectivity index (χ2v) is 6.05. The van der Waals surface area contributed by atoms with Crippen LogP contribution in [-0.2, 0) is 11.2 Å². The van der Waals surface area contributed by atoms with Crippen molar-refractivity contribution in [3.05, 3.63) is 53.7 Å². The summed E-state index contributed by atoms with van der Waals surface area (Å²) in [5.41, 5.74) is 2.58. The van der Waals surface area contributed by atoms with Crippen molar-refractivity contribution in [1.29, 1.82) is 0 Å². The summed E-state index contributed by atoms with van der Waals surface area (Å²) >= 11 is 0. The molecule has 1 atom stereocenters. The van der Waals surface area contributed by atoms with Gasteiger partial charge >= 0.3 is 0 Å². The smallest absolute Gasteiger partial charge is 0.253 e. The summed E-state index contributed by atoms with van der Waals surface area (Å²) in [6, 6.07) is 10.8. The fourth-order valence-electron chi connectivity index (χ4n) is 2.93. The van der Waals surface area contributed by atoms with Gasteiger partial charge in [0.1, 0.15) is 11.9 Å². The third-order valence-electron chi connectivity index (χ3n) is 4.26. The van der Waals surface area contributed by atoms with Crippen LogP contribution in [0.3, 0.4) is 0 Å². The van der Waals surface area contributed by atoms with Gasteiger partial charge < -0.3 is 15.5 Å². The summed E-state index contributed by atoms with van der Waals surface area (Å²) in [7, 11) is 0. The molecule has 0 aliphatic carbocycles. The molecule has 1 aromatic heterocycles. The Kier molecular flexibility index (Phi) is 5.18. The van der Waals surface area contributed by atoms with Crippen LogP contribution in [0.5, 0.6) is 0 Å². The number of pyridine rings is 1. The van der Waals surface area contributed by atoms with Crippen LogP contribution in [0.25, 0.3) is 0 Å². The lowest BCUT2D eigenvalue weighted by atomic mass is 10.2. The zero-order valence-corrected chi connectivity index (χ0v) is 14.5. The maximum absolute atomic E-state index is 12.8. The van der Waals surface area contributed by atoms with E-state index in [9.17, 15) is 9.59 Å². The van der Waals surface area contributed by atoms with E-state index >= 15 is 0 Å². The Morgan fingerprint density at radius 1 is 1.31 bits per heavy atom. The van der Waals surface area contributed by atoms with E-state index in [1.165, 1.54) is 11.8 Å². The maximum atomic E-state index is 12.8. The first-order valence-corrected chi connectivity index (χ1v) is 8.43. The van der Waals surface area contributed by atoms with Gasteiger partial charge in [0.25, 0.3) is 5.91 Å². The number of aromatic nitrogens is 1. The SMILES string of the molecule is C#CCNC(=O)c1ccc(N[C@H](C)C(=O)N2CCc3ccccc32)nc1. The number of fused-ring (bicyclic) bond motifs is 1. The van der Waals surface area contributed by atoms with E-state index in [0.29, 0.717) is 17.9 Å². The van der Waals surface area contributed by atoms with Crippen LogP contribution in [0.1, 0.15) is 22.8 Å². The van der Waals surface area contributed by atoms with Crippen LogP contribution in [-0.4, -0.2) is 35.9 Å². The first kappa shape index (κ1) is 17.5. The van der Waals surface area contributed by atoms with Gasteiger partial charge in [-0.3, -0.25) is 9.59 Å². The molecule has 0 bridgehead atoms. The first-order chi connectivity index (χ1) is 12.6. The Morgan fingerprint density at radius 2 is 2.12 bits per heavy atom. The van der Waals surface area contributed by atoms with Crippen molar-refractivity contribution < 1.29 is 9.59 Å². The zero-order chi connectivity index (χ0) is 18.5. The van der Waals surface area contributed by atoms with Crippen LogP contribution >= 0.6 is 0 Å². The highest BCUT2D eigenvalue weighted by atomic mass is 16.2. The third kappa shape index (κ3) is 3.67. The third-order valence-corrected chi connectivity index (χ3v) is 4.26. The minimum Gasteiger partial charge on any atom is -0.359 e. The molecule has 0 saturated heterocycles. The largest absolute Gasteiger partial charge is 0.359 e. The summed E-state index contributed by atoms with van der Waals surface area (Å²) in [5.74, 6) is 2.59. The molecule has 0 radical (unpaired) electrons. The van der Waals surface area contributed by atoms with Crippen molar-refractivity contribution in [2.24, 2.45) is 0 Å². The molecule has 0 spiro atoms. The highest BCUT2D eigenvalue weighted by Gasteiger charge is 2.27. The van der Waals surface area contributed by atoms with E-state index in [2.05, 4.69) is 21.5 Å². The lowest BCUT2D eigenvalue weighted by molar-refractivity contribution is -0.118. The number of nitrogens with zero attached hydrogens (tertiary/aromatic N) is 2. The van der Waals surface area contributed by atoms with Crippen molar-refractivity contribution in [2.45, 2.75) is 19.4 Å². The number of anilines is 2. The van der Waals surface area contributed by atoms with Crippen LogP contribution in [0.2, 0.25) is 0 Å². The quantitative estimate of drug-likeness (QED) is 0.809. The molecule has 2 N–H and O–H groups in total. The number of carbonyl (C=O) groups is 2. The van der Waals surface area contributed by atoms with E-state index in [4.69, 9.17) is 6.42 Å². The summed E-state index contributed by atoms with van der Waals surface area (Å²) in [6.45, 7) is 2.66. The van der Waals surface area contributed by atoms with Gasteiger partial charge in [-0.25, -0.2) is 4.98 Å². The van der Waals surface area contributed by atoms with Crippen molar-refractivity contribution in [2.75, 3.05) is 23.3 Å². The average molecular weight is 348 g/mol. The Bertz CT molecular complexity index is 855. The maximum Gasteiger partial charge on any atom is 0.253 e. The molecule has 2 amide bonds. The van der Waals surface area contributed by atoms with Gasteiger partial charge in [0.2, 0.25) is 5.91 Å². The normalized spacial score (nSPS) is 13.5. The Balaban J connectivity index is 1.63. The molecule has 1 aliphatic heterocycles. The van der Waals surface area contributed by atoms with E-state index in [1.54, 1.807) is 24.0 Å². The molecule has 0 saturated carbocycles. The summed E-state index contributed by atoms with van der Waals surface area (Å²) in [6.07, 6.45) is 7.44. The van der Waals surface area contributed by atoms with Crippen LogP contribution in [0.15, 0.2) is 42.6 Å². The monoisotopic (exact) mass is 348 g/mol. The van der Waals surface area contributed by atoms with Gasteiger partial charge in [0.15, 0.2) is 0 Å². The first-order valence-electron chi connectivity index (χ1n) is 8.43. The van der Waals surface area contributed by atoms with Gasteiger partial charge in [0, 0.05) is 18.4 Å². The molecular weight excluding hydrogens is 328 g/mol. The number of amides is 2. The topological polar surface area (TPSA) is 74.3 Å². The fraction of sp³-hybridized carbons (Fsp3) is 0.250. The van der Waals surface area contributed by atoms with Gasteiger partial charge in [-0.15, -0.1) is 6.42 Å². The number of carbonyl (C=O) groups excluding carboxylic acids is 2. The second kappa shape index (κ2) is 7.70. The summed E-state index contributed by atoms with van der Waals surface area (Å²) in [5, 5.41) is 5.67. The molecule has 0 fully saturated rings. The zero-order valence-electron chi connectivity index (χ0n) is 14.5. The molecule has 3 rings (SSSR count). The predicted molar refractivity (Wildman–Crippen MR) is 101 cm³/mol. The minimum absolute atomic E-state index is 0.00686. The average Bonchev–Trinajstić information content (AvgIpc) is 3.10. The van der Waals surface area contributed by atoms with Crippen molar-refractivity contribution >= 4 is 23.3 Å². The molecule has 6 heteroatoms. The highest BCUT2D eigenvalue weighted by Crippen LogP contribution is 2.28. The van der Waals surface area contributed by atoms with Crippen molar-refractivity contribution in [1.82, 2.24) is 10.3 Å². The molecular formula is C20H20N4O2. The number of terminal acetylenes is 1. The lowest BCUT2D eigenvalue weighted by Gasteiger charge is -2.22. The predicted octanol–water partition coefficient (Wildman–Crippen LogP) is 1.83. The summed E-state index contributed by atoms with van der Waals surface area (Å²) < 4.78 is 0. The minimum atomic E-state index is -0.435. The molecule has 1 aliphatic rings. The van der Waals surface area contributed by atoms with Crippen molar-refractivity contribution in [3.8, 4) is 12.3 Å². The Morgan fingerprint density at radius 3 is 2.85 bits per heavy atom. The fourth-order valence-corrected chi connectivity index (χ4v) is 2.93. The van der Waals surface area contributed by atoms with Gasteiger partial charge in [-0.2, -0.15) is 0 Å². The van der Waals surface area contributed by atoms with Gasteiger partial charge in [-0.1, -0.05) is 24.1 Å². The number of hydrogen-bond acceptors (Lipinski definition) is 4. The molecule has 6 nitrogen and oxygen atoms in total. The number of nitrogens with one attached hydrogen (secondary N) is 2. The van der Waals surface area contributed by atoms with Crippen LogP contribution in [0, 0.1) is 12.3 Å². The molecule has 2 aromatic rings. The number of para-hydroxylation sites is 1. The van der Waals surface area contributed by atoms with E-state index in [0.717, 1.165) is 12.1 Å². The number of benzene rings is 1. The summed E-state index contributed by atoms with van der Waals surface area (Å²) in [4.78, 5) is 30.6. The standard InChI is InChI=1S/C20H20N4O2/c1-3-11-21-19(25)16-8-9-18(22-13-16)23-14(2)20(26)24-12-10-15-6-4-5-7-17(15)24/h1,4-9,13-14H,10-12H2,2H3,(H,21,25)(H,22,23)/t14-/m1/s1. The number of rotatable bonds is 5. The Hall–Kier alpha value is -3.33. The van der Waals surface area contributed by atoms with Gasteiger partial charge in [-0.05, 0) is 37.1 Å². The molecule has 26 heavy (non-hydrogen) atoms. The molecule has 0 unspecified atom stereocenters. The number of hydrogen-bond donors (Lipinski definition) is 2. The molecule has 132 valence electrons. The lowest BCUT2D eigenvalue weighted by Crippen LogP contribution is -2.40. The van der Waals surface area contributed by atoms with E-state index in [1.807, 2.05) is 24.3 Å². The van der Waals surface area contributed by atoms with Crippen molar-refractivity contribution in [3.63, 3.8) is 0 Å². The Labute approximate surface area is 152 Å². The van der Waals surface area contributed by atoms with Crippen LogP contribution < -0.4 is 15.5 Å². The van der Waals surface area contributed by atoms with E-state index < -0.39 is 6.04 Å². The van der Waals surface area contributed by atoms with Crippen LogP contribution in [0.4, 0.5) is 11.5 Å². The second-order valence-electron chi connectivity index (χ2n) is 6.05. The molecule has 2 heterocycles.